The second-order valence-electron chi connectivity index (χ2n) is 6.49. The fraction of sp³-hybridized carbons (Fsp3) is 0.412. The van der Waals surface area contributed by atoms with Gasteiger partial charge in [0, 0.05) is 6.20 Å². The molecule has 0 aliphatic heterocycles. The molecule has 22 heavy (non-hydrogen) atoms. The normalized spacial score (nSPS) is 11.7. The van der Waals surface area contributed by atoms with Gasteiger partial charge < -0.3 is 0 Å². The summed E-state index contributed by atoms with van der Waals surface area (Å²) in [6.45, 7) is 8.08. The molecule has 0 N–H and O–H groups in total. The summed E-state index contributed by atoms with van der Waals surface area (Å²) in [6.07, 6.45) is 3.42. The van der Waals surface area contributed by atoms with Gasteiger partial charge in [-0.05, 0) is 44.4 Å². The van der Waals surface area contributed by atoms with E-state index < -0.39 is 10.8 Å². The van der Waals surface area contributed by atoms with Crippen molar-refractivity contribution in [3.8, 4) is 12.1 Å². The molecule has 2 aromatic rings. The van der Waals surface area contributed by atoms with E-state index in [2.05, 4.69) is 22.5 Å². The minimum absolute atomic E-state index is 0.559. The van der Waals surface area contributed by atoms with Crippen LogP contribution in [0.2, 0.25) is 0 Å². The van der Waals surface area contributed by atoms with Crippen LogP contribution in [-0.4, -0.2) is 15.0 Å². The highest BCUT2D eigenvalue weighted by Gasteiger charge is 2.26. The van der Waals surface area contributed by atoms with E-state index in [0.717, 1.165) is 16.7 Å². The Morgan fingerprint density at radius 3 is 1.95 bits per heavy atom. The van der Waals surface area contributed by atoms with Gasteiger partial charge in [-0.25, -0.2) is 4.68 Å². The van der Waals surface area contributed by atoms with Crippen molar-refractivity contribution in [1.29, 1.82) is 10.5 Å². The number of hydrogen-bond acceptors (Lipinski definition) is 4. The Kier molecular flexibility index (Phi) is 4.01. The number of benzene rings is 1. The minimum atomic E-state index is -0.612. The molecule has 112 valence electrons. The predicted octanol–water partition coefficient (Wildman–Crippen LogP) is 2.93. The molecule has 0 saturated heterocycles. The molecular formula is C17H19N5. The van der Waals surface area contributed by atoms with E-state index in [-0.39, 0.29) is 0 Å². The van der Waals surface area contributed by atoms with Gasteiger partial charge in [0.2, 0.25) is 0 Å². The van der Waals surface area contributed by atoms with Gasteiger partial charge in [-0.2, -0.15) is 10.5 Å². The van der Waals surface area contributed by atoms with Crippen molar-refractivity contribution in [2.24, 2.45) is 0 Å². The van der Waals surface area contributed by atoms with Crippen LogP contribution in [0.15, 0.2) is 30.6 Å². The molecule has 0 aliphatic carbocycles. The molecule has 1 aromatic heterocycles. The van der Waals surface area contributed by atoms with E-state index in [0.29, 0.717) is 6.54 Å². The Labute approximate surface area is 130 Å². The fourth-order valence-corrected chi connectivity index (χ4v) is 2.14. The maximum Gasteiger partial charge on any atom is 0.0766 e. The fourth-order valence-electron chi connectivity index (χ4n) is 2.14. The van der Waals surface area contributed by atoms with Crippen LogP contribution in [0.1, 0.15) is 44.4 Å². The first-order chi connectivity index (χ1) is 10.3. The lowest BCUT2D eigenvalue weighted by atomic mass is 9.79. The molecule has 0 amide bonds. The van der Waals surface area contributed by atoms with Crippen LogP contribution in [-0.2, 0) is 17.4 Å². The molecular weight excluding hydrogens is 274 g/mol. The van der Waals surface area contributed by atoms with Crippen molar-refractivity contribution < 1.29 is 0 Å². The summed E-state index contributed by atoms with van der Waals surface area (Å²) >= 11 is 0. The first-order valence-corrected chi connectivity index (χ1v) is 7.10. The molecule has 0 aliphatic rings. The molecule has 1 aromatic carbocycles. The molecule has 5 nitrogen and oxygen atoms in total. The molecule has 0 radical (unpaired) electrons. The largest absolute Gasteiger partial charge is 0.248 e. The highest BCUT2D eigenvalue weighted by atomic mass is 15.4. The number of nitrogens with zero attached hydrogens (tertiary/aromatic N) is 5. The highest BCUT2D eigenvalue weighted by molar-refractivity contribution is 5.42. The zero-order valence-electron chi connectivity index (χ0n) is 13.3. The number of nitriles is 2. The zero-order chi connectivity index (χ0) is 16.4. The average Bonchev–Trinajstić information content (AvgIpc) is 2.99. The lowest BCUT2D eigenvalue weighted by molar-refractivity contribution is 0.632. The quantitative estimate of drug-likeness (QED) is 0.868. The van der Waals surface area contributed by atoms with Crippen molar-refractivity contribution in [2.45, 2.75) is 45.1 Å². The van der Waals surface area contributed by atoms with Crippen molar-refractivity contribution >= 4 is 0 Å². The average molecular weight is 293 g/mol. The summed E-state index contributed by atoms with van der Waals surface area (Å²) in [5.41, 5.74) is 1.60. The SMILES string of the molecule is CC(C)(C#N)c1cc(Cn2ccnn2)cc(C(C)(C)C#N)c1. The second-order valence-corrected chi connectivity index (χ2v) is 6.49. The summed E-state index contributed by atoms with van der Waals surface area (Å²) < 4.78 is 1.72. The molecule has 0 unspecified atom stereocenters. The van der Waals surface area contributed by atoms with Gasteiger partial charge in [-0.1, -0.05) is 23.4 Å². The first kappa shape index (κ1) is 15.7. The van der Waals surface area contributed by atoms with Crippen molar-refractivity contribution in [3.63, 3.8) is 0 Å². The summed E-state index contributed by atoms with van der Waals surface area (Å²) in [5.74, 6) is 0. The van der Waals surface area contributed by atoms with Gasteiger partial charge >= 0.3 is 0 Å². The monoisotopic (exact) mass is 293 g/mol. The summed E-state index contributed by atoms with van der Waals surface area (Å²) in [6, 6.07) is 10.6. The first-order valence-electron chi connectivity index (χ1n) is 7.10. The van der Waals surface area contributed by atoms with Crippen LogP contribution in [0.4, 0.5) is 0 Å². The van der Waals surface area contributed by atoms with Gasteiger partial charge in [0.15, 0.2) is 0 Å². The molecule has 2 rings (SSSR count). The highest BCUT2D eigenvalue weighted by Crippen LogP contribution is 2.30. The van der Waals surface area contributed by atoms with Gasteiger partial charge in [-0.3, -0.25) is 0 Å². The number of rotatable bonds is 4. The van der Waals surface area contributed by atoms with Gasteiger partial charge in [0.25, 0.3) is 0 Å². The Balaban J connectivity index is 2.55. The third kappa shape index (κ3) is 3.15. The topological polar surface area (TPSA) is 78.3 Å². The van der Waals surface area contributed by atoms with Crippen LogP contribution in [0.25, 0.3) is 0 Å². The third-order valence-corrected chi connectivity index (χ3v) is 3.81. The van der Waals surface area contributed by atoms with Crippen LogP contribution < -0.4 is 0 Å². The standard InChI is InChI=1S/C17H19N5/c1-16(2,11-18)14-7-13(10-22-6-5-20-21-22)8-15(9-14)17(3,4)12-19/h5-9H,10H2,1-4H3. The summed E-state index contributed by atoms with van der Waals surface area (Å²) in [4.78, 5) is 0. The lowest BCUT2D eigenvalue weighted by Crippen LogP contribution is -2.20. The molecule has 0 spiro atoms. The lowest BCUT2D eigenvalue weighted by Gasteiger charge is -2.23. The van der Waals surface area contributed by atoms with Crippen LogP contribution in [0.5, 0.6) is 0 Å². The molecule has 0 atom stereocenters. The van der Waals surface area contributed by atoms with Crippen LogP contribution in [0, 0.1) is 22.7 Å². The van der Waals surface area contributed by atoms with Gasteiger partial charge in [0.05, 0.1) is 35.7 Å². The van der Waals surface area contributed by atoms with E-state index in [1.165, 1.54) is 0 Å². The number of aromatic nitrogens is 3. The van der Waals surface area contributed by atoms with Crippen molar-refractivity contribution in [3.05, 3.63) is 47.3 Å². The maximum atomic E-state index is 9.40. The zero-order valence-corrected chi connectivity index (χ0v) is 13.3. The van der Waals surface area contributed by atoms with E-state index >= 15 is 0 Å². The predicted molar refractivity (Wildman–Crippen MR) is 82.8 cm³/mol. The Bertz CT molecular complexity index is 698. The van der Waals surface area contributed by atoms with E-state index in [1.807, 2.05) is 45.9 Å². The second kappa shape index (κ2) is 5.61. The van der Waals surface area contributed by atoms with Crippen molar-refractivity contribution in [2.75, 3.05) is 0 Å². The molecule has 5 heteroatoms. The minimum Gasteiger partial charge on any atom is -0.248 e. The summed E-state index contributed by atoms with van der Waals surface area (Å²) in [7, 11) is 0. The third-order valence-electron chi connectivity index (χ3n) is 3.81. The van der Waals surface area contributed by atoms with E-state index in [1.54, 1.807) is 17.1 Å². The van der Waals surface area contributed by atoms with E-state index in [4.69, 9.17) is 0 Å². The molecule has 1 heterocycles. The van der Waals surface area contributed by atoms with Crippen LogP contribution >= 0.6 is 0 Å². The Morgan fingerprint density at radius 2 is 1.55 bits per heavy atom. The van der Waals surface area contributed by atoms with Gasteiger partial charge in [-0.15, -0.1) is 5.10 Å². The molecule has 0 fully saturated rings. The van der Waals surface area contributed by atoms with Gasteiger partial charge in [0.1, 0.15) is 0 Å². The van der Waals surface area contributed by atoms with Crippen molar-refractivity contribution in [1.82, 2.24) is 15.0 Å². The Morgan fingerprint density at radius 1 is 1.00 bits per heavy atom. The van der Waals surface area contributed by atoms with E-state index in [9.17, 15) is 10.5 Å². The smallest absolute Gasteiger partial charge is 0.0766 e. The number of hydrogen-bond donors (Lipinski definition) is 0. The summed E-state index contributed by atoms with van der Waals surface area (Å²) in [5, 5.41) is 26.6. The molecule has 0 saturated carbocycles. The Hall–Kier alpha value is -2.66. The van der Waals surface area contributed by atoms with Crippen LogP contribution in [0.3, 0.4) is 0 Å². The maximum absolute atomic E-state index is 9.40. The molecule has 0 bridgehead atoms.